The Balaban J connectivity index is 1.88. The Hall–Kier alpha value is -2.78. The number of rotatable bonds is 6. The number of nitro groups is 1. The lowest BCUT2D eigenvalue weighted by molar-refractivity contribution is -0.384. The molecule has 9 heteroatoms. The first-order chi connectivity index (χ1) is 11.9. The third-order valence-electron chi connectivity index (χ3n) is 3.44. The molecule has 0 bridgehead atoms. The Kier molecular flexibility index (Phi) is 6.20. The van der Waals surface area contributed by atoms with Gasteiger partial charge in [-0.25, -0.2) is 0 Å². The van der Waals surface area contributed by atoms with E-state index >= 15 is 0 Å². The van der Waals surface area contributed by atoms with Crippen molar-refractivity contribution in [2.75, 3.05) is 11.9 Å². The number of carbonyl (C=O) groups excluding carboxylic acids is 2. The zero-order valence-corrected chi connectivity index (χ0v) is 14.2. The van der Waals surface area contributed by atoms with Crippen molar-refractivity contribution in [2.45, 2.75) is 19.4 Å². The molecule has 25 heavy (non-hydrogen) atoms. The van der Waals surface area contributed by atoms with Crippen LogP contribution >= 0.6 is 11.3 Å². The van der Waals surface area contributed by atoms with Crippen LogP contribution in [0.1, 0.15) is 23.7 Å². The standard InChI is InChI=1S/C16H17N3O5S/c1-10-2-3-12(13(8-10)19(23)24)18-16(22)15(21)17-6-4-14(20)11-5-7-25-9-11/h2-3,5,7-9,14,20H,4,6H2,1H3,(H,17,21)(H,18,22). The van der Waals surface area contributed by atoms with Crippen LogP contribution in [0, 0.1) is 17.0 Å². The van der Waals surface area contributed by atoms with Crippen LogP contribution in [0.3, 0.4) is 0 Å². The zero-order valence-electron chi connectivity index (χ0n) is 13.4. The van der Waals surface area contributed by atoms with Gasteiger partial charge in [0.25, 0.3) is 5.69 Å². The van der Waals surface area contributed by atoms with E-state index in [2.05, 4.69) is 10.6 Å². The Morgan fingerprint density at radius 3 is 2.72 bits per heavy atom. The van der Waals surface area contributed by atoms with E-state index in [4.69, 9.17) is 0 Å². The Morgan fingerprint density at radius 2 is 2.08 bits per heavy atom. The Bertz CT molecular complexity index is 776. The van der Waals surface area contributed by atoms with Gasteiger partial charge in [-0.15, -0.1) is 0 Å². The van der Waals surface area contributed by atoms with Gasteiger partial charge in [0.1, 0.15) is 5.69 Å². The van der Waals surface area contributed by atoms with Crippen molar-refractivity contribution in [1.29, 1.82) is 0 Å². The van der Waals surface area contributed by atoms with Crippen LogP contribution in [0.5, 0.6) is 0 Å². The number of nitro benzene ring substituents is 1. The molecule has 1 atom stereocenters. The van der Waals surface area contributed by atoms with Crippen LogP contribution in [0.25, 0.3) is 0 Å². The molecule has 0 fully saturated rings. The maximum absolute atomic E-state index is 11.9. The van der Waals surface area contributed by atoms with Gasteiger partial charge in [-0.1, -0.05) is 6.07 Å². The number of aryl methyl sites for hydroxylation is 1. The predicted molar refractivity (Wildman–Crippen MR) is 93.4 cm³/mol. The highest BCUT2D eigenvalue weighted by Crippen LogP contribution is 2.25. The topological polar surface area (TPSA) is 122 Å². The van der Waals surface area contributed by atoms with Crippen molar-refractivity contribution < 1.29 is 19.6 Å². The molecule has 0 aliphatic carbocycles. The van der Waals surface area contributed by atoms with Gasteiger partial charge in [0.15, 0.2) is 0 Å². The number of nitrogens with zero attached hydrogens (tertiary/aromatic N) is 1. The summed E-state index contributed by atoms with van der Waals surface area (Å²) in [6, 6.07) is 6.06. The van der Waals surface area contributed by atoms with Gasteiger partial charge < -0.3 is 15.7 Å². The third kappa shape index (κ3) is 5.10. The predicted octanol–water partition coefficient (Wildman–Crippen LogP) is 2.14. The first kappa shape index (κ1) is 18.6. The molecule has 1 aromatic carbocycles. The van der Waals surface area contributed by atoms with E-state index < -0.39 is 22.8 Å². The number of carbonyl (C=O) groups is 2. The van der Waals surface area contributed by atoms with Crippen molar-refractivity contribution in [3.05, 3.63) is 56.3 Å². The van der Waals surface area contributed by atoms with Crippen molar-refractivity contribution >= 4 is 34.5 Å². The monoisotopic (exact) mass is 363 g/mol. The van der Waals surface area contributed by atoms with Gasteiger partial charge in [-0.3, -0.25) is 19.7 Å². The number of hydrogen-bond donors (Lipinski definition) is 3. The number of hydrogen-bond acceptors (Lipinski definition) is 6. The van der Waals surface area contributed by atoms with Crippen LogP contribution in [-0.2, 0) is 9.59 Å². The Morgan fingerprint density at radius 1 is 1.32 bits per heavy atom. The lowest BCUT2D eigenvalue weighted by atomic mass is 10.1. The molecule has 0 aliphatic heterocycles. The summed E-state index contributed by atoms with van der Waals surface area (Å²) in [6.45, 7) is 1.78. The van der Waals surface area contributed by atoms with E-state index in [9.17, 15) is 24.8 Å². The van der Waals surface area contributed by atoms with Crippen LogP contribution in [0.2, 0.25) is 0 Å². The summed E-state index contributed by atoms with van der Waals surface area (Å²) < 4.78 is 0. The SMILES string of the molecule is Cc1ccc(NC(=O)C(=O)NCCC(O)c2ccsc2)c([N+](=O)[O-])c1. The summed E-state index contributed by atoms with van der Waals surface area (Å²) in [6.07, 6.45) is -0.478. The molecule has 0 saturated carbocycles. The van der Waals surface area contributed by atoms with E-state index in [0.29, 0.717) is 5.56 Å². The minimum atomic E-state index is -1.00. The molecular weight excluding hydrogens is 346 g/mol. The summed E-state index contributed by atoms with van der Waals surface area (Å²) in [5.74, 6) is -1.93. The molecule has 8 nitrogen and oxygen atoms in total. The number of aliphatic hydroxyl groups excluding tert-OH is 1. The number of nitrogens with one attached hydrogen (secondary N) is 2. The second-order valence-electron chi connectivity index (χ2n) is 5.35. The molecule has 132 valence electrons. The lowest BCUT2D eigenvalue weighted by Crippen LogP contribution is -2.36. The van der Waals surface area contributed by atoms with Crippen LogP contribution in [-0.4, -0.2) is 28.4 Å². The lowest BCUT2D eigenvalue weighted by Gasteiger charge is -2.10. The van der Waals surface area contributed by atoms with Gasteiger partial charge >= 0.3 is 11.8 Å². The highest BCUT2D eigenvalue weighted by Gasteiger charge is 2.20. The summed E-state index contributed by atoms with van der Waals surface area (Å²) >= 11 is 1.45. The molecule has 0 spiro atoms. The number of amides is 2. The van der Waals surface area contributed by atoms with Crippen molar-refractivity contribution in [2.24, 2.45) is 0 Å². The molecule has 3 N–H and O–H groups in total. The van der Waals surface area contributed by atoms with Gasteiger partial charge in [-0.05, 0) is 47.4 Å². The molecule has 0 radical (unpaired) electrons. The molecule has 1 unspecified atom stereocenters. The second kappa shape index (κ2) is 8.36. The number of benzene rings is 1. The molecular formula is C16H17N3O5S. The van der Waals surface area contributed by atoms with Crippen molar-refractivity contribution in [1.82, 2.24) is 5.32 Å². The minimum Gasteiger partial charge on any atom is -0.388 e. The fraction of sp³-hybridized carbons (Fsp3) is 0.250. The van der Waals surface area contributed by atoms with Crippen LogP contribution in [0.4, 0.5) is 11.4 Å². The van der Waals surface area contributed by atoms with Crippen molar-refractivity contribution in [3.63, 3.8) is 0 Å². The number of anilines is 1. The summed E-state index contributed by atoms with van der Waals surface area (Å²) in [5, 5.41) is 29.2. The highest BCUT2D eigenvalue weighted by molar-refractivity contribution is 7.07. The molecule has 2 amide bonds. The van der Waals surface area contributed by atoms with Gasteiger partial charge in [-0.2, -0.15) is 11.3 Å². The molecule has 0 aliphatic rings. The van der Waals surface area contributed by atoms with E-state index in [0.717, 1.165) is 5.56 Å². The normalized spacial score (nSPS) is 11.6. The molecule has 1 heterocycles. The smallest absolute Gasteiger partial charge is 0.313 e. The highest BCUT2D eigenvalue weighted by atomic mass is 32.1. The van der Waals surface area contributed by atoms with E-state index in [1.54, 1.807) is 24.4 Å². The summed E-state index contributed by atoms with van der Waals surface area (Å²) in [4.78, 5) is 34.0. The van der Waals surface area contributed by atoms with Crippen LogP contribution in [0.15, 0.2) is 35.0 Å². The first-order valence-electron chi connectivity index (χ1n) is 7.43. The molecule has 1 aromatic heterocycles. The Labute approximate surface area is 147 Å². The average molecular weight is 363 g/mol. The van der Waals surface area contributed by atoms with Crippen molar-refractivity contribution in [3.8, 4) is 0 Å². The third-order valence-corrected chi connectivity index (χ3v) is 4.14. The summed E-state index contributed by atoms with van der Waals surface area (Å²) in [5.41, 5.74) is 1.08. The largest absolute Gasteiger partial charge is 0.388 e. The maximum Gasteiger partial charge on any atom is 0.313 e. The van der Waals surface area contributed by atoms with E-state index in [1.807, 2.05) is 5.38 Å². The number of thiophene rings is 1. The second-order valence-corrected chi connectivity index (χ2v) is 6.13. The van der Waals surface area contributed by atoms with E-state index in [-0.39, 0.29) is 24.3 Å². The average Bonchev–Trinajstić information content (AvgIpc) is 3.10. The van der Waals surface area contributed by atoms with Crippen LogP contribution < -0.4 is 10.6 Å². The molecule has 0 saturated heterocycles. The fourth-order valence-corrected chi connectivity index (χ4v) is 2.82. The van der Waals surface area contributed by atoms with Gasteiger partial charge in [0.2, 0.25) is 0 Å². The zero-order chi connectivity index (χ0) is 18.4. The number of aliphatic hydroxyl groups is 1. The molecule has 2 aromatic rings. The summed E-state index contributed by atoms with van der Waals surface area (Å²) in [7, 11) is 0. The quantitative estimate of drug-likeness (QED) is 0.412. The van der Waals surface area contributed by atoms with Gasteiger partial charge in [0, 0.05) is 12.6 Å². The molecule has 2 rings (SSSR count). The fourth-order valence-electron chi connectivity index (χ4n) is 2.11. The van der Waals surface area contributed by atoms with Gasteiger partial charge in [0.05, 0.1) is 11.0 Å². The minimum absolute atomic E-state index is 0.0472. The van der Waals surface area contributed by atoms with E-state index in [1.165, 1.54) is 23.5 Å². The maximum atomic E-state index is 11.9. The first-order valence-corrected chi connectivity index (χ1v) is 8.37.